The lowest BCUT2D eigenvalue weighted by molar-refractivity contribution is -0.120. The van der Waals surface area contributed by atoms with Crippen molar-refractivity contribution in [2.24, 2.45) is 0 Å². The molecule has 124 valence electrons. The second-order valence-corrected chi connectivity index (χ2v) is 5.55. The lowest BCUT2D eigenvalue weighted by atomic mass is 10.2. The van der Waals surface area contributed by atoms with Gasteiger partial charge in [-0.2, -0.15) is 0 Å². The maximum absolute atomic E-state index is 12.6. The van der Waals surface area contributed by atoms with Crippen LogP contribution in [-0.4, -0.2) is 47.4 Å². The number of amides is 2. The van der Waals surface area contributed by atoms with E-state index in [1.165, 1.54) is 11.9 Å². The molecule has 2 heterocycles. The van der Waals surface area contributed by atoms with E-state index in [0.29, 0.717) is 13.0 Å². The molecule has 1 aliphatic heterocycles. The number of aromatic carboxylic acids is 1. The van der Waals surface area contributed by atoms with Crippen LogP contribution in [0.15, 0.2) is 47.1 Å². The monoisotopic (exact) mass is 328 g/mol. The molecule has 1 aliphatic rings. The molecule has 7 nitrogen and oxygen atoms in total. The van der Waals surface area contributed by atoms with Crippen LogP contribution >= 0.6 is 0 Å². The Morgan fingerprint density at radius 2 is 2.00 bits per heavy atom. The molecular weight excluding hydrogens is 312 g/mol. The van der Waals surface area contributed by atoms with Crippen molar-refractivity contribution in [2.45, 2.75) is 12.5 Å². The summed E-state index contributed by atoms with van der Waals surface area (Å²) in [4.78, 5) is 38.8. The van der Waals surface area contributed by atoms with Crippen LogP contribution in [0.1, 0.15) is 27.3 Å². The number of para-hydroxylation sites is 1. The highest BCUT2D eigenvalue weighted by atomic mass is 16.4. The summed E-state index contributed by atoms with van der Waals surface area (Å²) in [5.74, 6) is -1.95. The van der Waals surface area contributed by atoms with E-state index in [1.807, 2.05) is 30.3 Å². The first-order valence-corrected chi connectivity index (χ1v) is 7.44. The van der Waals surface area contributed by atoms with Gasteiger partial charge in [0.25, 0.3) is 5.91 Å². The summed E-state index contributed by atoms with van der Waals surface area (Å²) in [7, 11) is 1.52. The minimum atomic E-state index is -1.17. The summed E-state index contributed by atoms with van der Waals surface area (Å²) >= 11 is 0. The van der Waals surface area contributed by atoms with Gasteiger partial charge in [-0.05, 0) is 18.6 Å². The number of nitrogens with zero attached hydrogens (tertiary/aromatic N) is 2. The van der Waals surface area contributed by atoms with Gasteiger partial charge < -0.3 is 19.3 Å². The SMILES string of the molecule is CN(C(=O)c1cc(C(=O)O)co1)C1CCN(c2ccccc2)C1=O. The fourth-order valence-corrected chi connectivity index (χ4v) is 2.76. The number of benzene rings is 1. The number of carbonyl (C=O) groups excluding carboxylic acids is 2. The van der Waals surface area contributed by atoms with Crippen LogP contribution in [0.25, 0.3) is 0 Å². The molecule has 1 saturated heterocycles. The van der Waals surface area contributed by atoms with Gasteiger partial charge in [0.2, 0.25) is 5.91 Å². The molecule has 24 heavy (non-hydrogen) atoms. The first-order chi connectivity index (χ1) is 11.5. The fraction of sp³-hybridized carbons (Fsp3) is 0.235. The van der Waals surface area contributed by atoms with E-state index in [2.05, 4.69) is 0 Å². The highest BCUT2D eigenvalue weighted by Crippen LogP contribution is 2.24. The number of carbonyl (C=O) groups is 3. The predicted molar refractivity (Wildman–Crippen MR) is 85.0 cm³/mol. The summed E-state index contributed by atoms with van der Waals surface area (Å²) < 4.78 is 5.02. The summed E-state index contributed by atoms with van der Waals surface area (Å²) in [5.41, 5.74) is 0.687. The molecule has 0 saturated carbocycles. The molecule has 0 aliphatic carbocycles. The van der Waals surface area contributed by atoms with E-state index in [4.69, 9.17) is 9.52 Å². The molecule has 1 aromatic carbocycles. The third-order valence-electron chi connectivity index (χ3n) is 4.09. The van der Waals surface area contributed by atoms with E-state index < -0.39 is 17.9 Å². The third kappa shape index (κ3) is 2.76. The predicted octanol–water partition coefficient (Wildman–Crippen LogP) is 1.86. The molecule has 1 aromatic heterocycles. The van der Waals surface area contributed by atoms with Gasteiger partial charge in [-0.25, -0.2) is 4.79 Å². The van der Waals surface area contributed by atoms with Crippen LogP contribution in [0.4, 0.5) is 5.69 Å². The summed E-state index contributed by atoms with van der Waals surface area (Å²) in [6, 6.07) is 9.81. The zero-order valence-corrected chi connectivity index (χ0v) is 13.0. The summed E-state index contributed by atoms with van der Waals surface area (Å²) in [5, 5.41) is 8.89. The first-order valence-electron chi connectivity index (χ1n) is 7.44. The van der Waals surface area contributed by atoms with Crippen LogP contribution in [-0.2, 0) is 4.79 Å². The topological polar surface area (TPSA) is 91.1 Å². The molecule has 0 spiro atoms. The zero-order valence-electron chi connectivity index (χ0n) is 13.0. The molecular formula is C17H16N2O5. The molecule has 1 N–H and O–H groups in total. The van der Waals surface area contributed by atoms with Crippen molar-refractivity contribution < 1.29 is 23.9 Å². The van der Waals surface area contributed by atoms with Gasteiger partial charge in [0.15, 0.2) is 5.76 Å². The van der Waals surface area contributed by atoms with E-state index in [-0.39, 0.29) is 17.2 Å². The molecule has 2 amide bonds. The third-order valence-corrected chi connectivity index (χ3v) is 4.09. The number of likely N-dealkylation sites (N-methyl/N-ethyl adjacent to an activating group) is 1. The van der Waals surface area contributed by atoms with Crippen LogP contribution in [0.3, 0.4) is 0 Å². The fourth-order valence-electron chi connectivity index (χ4n) is 2.76. The number of anilines is 1. The number of carboxylic acids is 1. The van der Waals surface area contributed by atoms with Crippen molar-refractivity contribution in [3.8, 4) is 0 Å². The zero-order chi connectivity index (χ0) is 17.3. The van der Waals surface area contributed by atoms with Gasteiger partial charge in [0.1, 0.15) is 12.3 Å². The van der Waals surface area contributed by atoms with Crippen LogP contribution in [0.2, 0.25) is 0 Å². The Morgan fingerprint density at radius 1 is 1.29 bits per heavy atom. The van der Waals surface area contributed by atoms with Gasteiger partial charge in [-0.3, -0.25) is 9.59 Å². The average Bonchev–Trinajstić information content (AvgIpc) is 3.21. The van der Waals surface area contributed by atoms with Gasteiger partial charge >= 0.3 is 5.97 Å². The molecule has 1 atom stereocenters. The van der Waals surface area contributed by atoms with Crippen molar-refractivity contribution in [3.05, 3.63) is 54.0 Å². The minimum absolute atomic E-state index is 0.0964. The smallest absolute Gasteiger partial charge is 0.338 e. The first kappa shape index (κ1) is 15.8. The Labute approximate surface area is 138 Å². The van der Waals surface area contributed by atoms with E-state index in [1.54, 1.807) is 4.90 Å². The Hall–Kier alpha value is -3.09. The normalized spacial score (nSPS) is 17.1. The number of hydrogen-bond acceptors (Lipinski definition) is 4. The van der Waals surface area contributed by atoms with Crippen molar-refractivity contribution in [2.75, 3.05) is 18.5 Å². The number of rotatable bonds is 4. The van der Waals surface area contributed by atoms with Crippen molar-refractivity contribution >= 4 is 23.5 Å². The van der Waals surface area contributed by atoms with E-state index in [9.17, 15) is 14.4 Å². The largest absolute Gasteiger partial charge is 0.478 e. The molecule has 3 rings (SSSR count). The number of hydrogen-bond donors (Lipinski definition) is 1. The Balaban J connectivity index is 1.75. The molecule has 1 unspecified atom stereocenters. The molecule has 0 bridgehead atoms. The minimum Gasteiger partial charge on any atom is -0.478 e. The quantitative estimate of drug-likeness (QED) is 0.925. The molecule has 1 fully saturated rings. The lowest BCUT2D eigenvalue weighted by Crippen LogP contribution is -2.42. The molecule has 0 radical (unpaired) electrons. The summed E-state index contributed by atoms with van der Waals surface area (Å²) in [6.45, 7) is 0.518. The second-order valence-electron chi connectivity index (χ2n) is 5.55. The lowest BCUT2D eigenvalue weighted by Gasteiger charge is -2.23. The standard InChI is InChI=1S/C17H16N2O5/c1-18(16(21)14-9-11(10-24-14)17(22)23)13-7-8-19(15(13)20)12-5-3-2-4-6-12/h2-6,9-10,13H,7-8H2,1H3,(H,22,23). The van der Waals surface area contributed by atoms with Crippen LogP contribution in [0, 0.1) is 0 Å². The Kier molecular flexibility index (Phi) is 4.07. The Bertz CT molecular complexity index is 783. The number of furan rings is 1. The van der Waals surface area contributed by atoms with Gasteiger partial charge in [-0.15, -0.1) is 0 Å². The van der Waals surface area contributed by atoms with Crippen molar-refractivity contribution in [1.29, 1.82) is 0 Å². The maximum atomic E-state index is 12.6. The van der Waals surface area contributed by atoms with Gasteiger partial charge in [-0.1, -0.05) is 18.2 Å². The van der Waals surface area contributed by atoms with E-state index >= 15 is 0 Å². The van der Waals surface area contributed by atoms with Gasteiger partial charge in [0.05, 0.1) is 5.56 Å². The van der Waals surface area contributed by atoms with Gasteiger partial charge in [0, 0.05) is 25.3 Å². The second kappa shape index (κ2) is 6.19. The highest BCUT2D eigenvalue weighted by molar-refractivity contribution is 6.03. The average molecular weight is 328 g/mol. The summed E-state index contributed by atoms with van der Waals surface area (Å²) in [6.07, 6.45) is 1.51. The van der Waals surface area contributed by atoms with Crippen LogP contribution < -0.4 is 4.90 Å². The molecule has 2 aromatic rings. The van der Waals surface area contributed by atoms with Crippen molar-refractivity contribution in [1.82, 2.24) is 4.90 Å². The van der Waals surface area contributed by atoms with E-state index in [0.717, 1.165) is 18.0 Å². The Morgan fingerprint density at radius 3 is 2.62 bits per heavy atom. The number of carboxylic acid groups (broad SMARTS) is 1. The van der Waals surface area contributed by atoms with Crippen LogP contribution in [0.5, 0.6) is 0 Å². The highest BCUT2D eigenvalue weighted by Gasteiger charge is 2.38. The van der Waals surface area contributed by atoms with Crippen molar-refractivity contribution in [3.63, 3.8) is 0 Å². The maximum Gasteiger partial charge on any atom is 0.338 e. The molecule has 7 heteroatoms.